The topological polar surface area (TPSA) is 88.6 Å². The maximum atomic E-state index is 13.5. The fourth-order valence-electron chi connectivity index (χ4n) is 3.23. The van der Waals surface area contributed by atoms with Crippen molar-refractivity contribution in [3.63, 3.8) is 0 Å². The van der Waals surface area contributed by atoms with Crippen LogP contribution in [0.4, 0.5) is 11.4 Å². The number of aryl methyl sites for hydroxylation is 1. The average Bonchev–Trinajstić information content (AvgIpc) is 2.85. The number of pyridine rings is 1. The van der Waals surface area contributed by atoms with Crippen molar-refractivity contribution in [2.45, 2.75) is 11.8 Å². The zero-order chi connectivity index (χ0) is 24.0. The summed E-state index contributed by atoms with van der Waals surface area (Å²) in [7, 11) is -4.01. The van der Waals surface area contributed by atoms with Gasteiger partial charge in [0.15, 0.2) is 0 Å². The van der Waals surface area contributed by atoms with Crippen molar-refractivity contribution in [1.82, 2.24) is 4.98 Å². The molecule has 1 amide bonds. The quantitative estimate of drug-likeness (QED) is 0.388. The monoisotopic (exact) mass is 473 g/mol. The van der Waals surface area contributed by atoms with Crippen LogP contribution in [0.1, 0.15) is 5.56 Å². The van der Waals surface area contributed by atoms with Gasteiger partial charge in [0.2, 0.25) is 5.91 Å². The van der Waals surface area contributed by atoms with Gasteiger partial charge in [-0.15, -0.1) is 0 Å². The zero-order valence-corrected chi connectivity index (χ0v) is 19.3. The fraction of sp³-hybridized carbons (Fsp3) is 0.0769. The number of sulfonamides is 1. The summed E-state index contributed by atoms with van der Waals surface area (Å²) in [5.41, 5.74) is 1.75. The predicted octanol–water partition coefficient (Wildman–Crippen LogP) is 5.02. The van der Waals surface area contributed by atoms with E-state index in [1.165, 1.54) is 18.3 Å². The largest absolute Gasteiger partial charge is 0.457 e. The summed E-state index contributed by atoms with van der Waals surface area (Å²) in [6.07, 6.45) is 3.08. The van der Waals surface area contributed by atoms with Gasteiger partial charge in [0.05, 0.1) is 22.5 Å². The molecule has 0 aliphatic carbocycles. The molecule has 0 fully saturated rings. The SMILES string of the molecule is Cc1ccc(S(=O)(=O)N(CC(=O)Nc2cccnc2)c2ccc(Oc3ccccc3)cc2)cc1. The number of carbonyl (C=O) groups is 1. The minimum Gasteiger partial charge on any atom is -0.457 e. The number of hydrogen-bond acceptors (Lipinski definition) is 5. The van der Waals surface area contributed by atoms with Crippen LogP contribution >= 0.6 is 0 Å². The highest BCUT2D eigenvalue weighted by Gasteiger charge is 2.27. The molecule has 0 atom stereocenters. The highest BCUT2D eigenvalue weighted by Crippen LogP contribution is 2.28. The molecule has 0 unspecified atom stereocenters. The van der Waals surface area contributed by atoms with Crippen molar-refractivity contribution in [2.24, 2.45) is 0 Å². The number of nitrogens with one attached hydrogen (secondary N) is 1. The first-order chi connectivity index (χ1) is 16.4. The van der Waals surface area contributed by atoms with Crippen LogP contribution in [0.25, 0.3) is 0 Å². The number of rotatable bonds is 8. The maximum absolute atomic E-state index is 13.5. The van der Waals surface area contributed by atoms with Crippen LogP contribution in [0, 0.1) is 6.92 Å². The molecule has 0 radical (unpaired) electrons. The highest BCUT2D eigenvalue weighted by molar-refractivity contribution is 7.92. The van der Waals surface area contributed by atoms with Crippen LogP contribution < -0.4 is 14.4 Å². The molecule has 0 saturated heterocycles. The van der Waals surface area contributed by atoms with Crippen LogP contribution in [0.15, 0.2) is 108 Å². The molecular weight excluding hydrogens is 450 g/mol. The molecule has 3 aromatic carbocycles. The molecule has 0 spiro atoms. The number of aromatic nitrogens is 1. The van der Waals surface area contributed by atoms with Gasteiger partial charge >= 0.3 is 0 Å². The van der Waals surface area contributed by atoms with Crippen molar-refractivity contribution in [2.75, 3.05) is 16.2 Å². The Morgan fingerprint density at radius 1 is 0.882 bits per heavy atom. The Bertz CT molecular complexity index is 1340. The van der Waals surface area contributed by atoms with Crippen LogP contribution in [0.5, 0.6) is 11.5 Å². The number of ether oxygens (including phenoxy) is 1. The van der Waals surface area contributed by atoms with E-state index in [-0.39, 0.29) is 4.90 Å². The van der Waals surface area contributed by atoms with Gasteiger partial charge in [-0.2, -0.15) is 0 Å². The number of hydrogen-bond donors (Lipinski definition) is 1. The van der Waals surface area contributed by atoms with Gasteiger partial charge < -0.3 is 10.1 Å². The van der Waals surface area contributed by atoms with E-state index in [9.17, 15) is 13.2 Å². The third-order valence-corrected chi connectivity index (χ3v) is 6.73. The standard InChI is InChI=1S/C26H23N3O4S/c1-20-9-15-25(16-10-20)34(31,32)29(19-26(30)28-21-6-5-17-27-18-21)22-11-13-24(14-12-22)33-23-7-3-2-4-8-23/h2-18H,19H2,1H3,(H,28,30). The second kappa shape index (κ2) is 10.2. The summed E-state index contributed by atoms with van der Waals surface area (Å²) in [5.74, 6) is 0.714. The van der Waals surface area contributed by atoms with Gasteiger partial charge in [0, 0.05) is 6.20 Å². The minimum absolute atomic E-state index is 0.0943. The number of amides is 1. The number of benzene rings is 3. The number of carbonyl (C=O) groups excluding carboxylic acids is 1. The molecule has 172 valence electrons. The Morgan fingerprint density at radius 2 is 1.56 bits per heavy atom. The van der Waals surface area contributed by atoms with Gasteiger partial charge in [-0.1, -0.05) is 35.9 Å². The summed E-state index contributed by atoms with van der Waals surface area (Å²) < 4.78 is 33.9. The molecular formula is C26H23N3O4S. The van der Waals surface area contributed by atoms with E-state index in [0.717, 1.165) is 9.87 Å². The minimum atomic E-state index is -4.01. The Morgan fingerprint density at radius 3 is 2.21 bits per heavy atom. The first kappa shape index (κ1) is 23.0. The fourth-order valence-corrected chi connectivity index (χ4v) is 4.65. The van der Waals surface area contributed by atoms with E-state index in [4.69, 9.17) is 4.74 Å². The van der Waals surface area contributed by atoms with E-state index in [0.29, 0.717) is 22.9 Å². The molecule has 1 aromatic heterocycles. The summed E-state index contributed by atoms with van der Waals surface area (Å²) in [6.45, 7) is 1.46. The molecule has 1 heterocycles. The third-order valence-electron chi connectivity index (χ3n) is 4.95. The van der Waals surface area contributed by atoms with E-state index in [1.54, 1.807) is 54.7 Å². The Kier molecular flexibility index (Phi) is 6.89. The van der Waals surface area contributed by atoms with Gasteiger partial charge in [-0.05, 0) is 67.6 Å². The van der Waals surface area contributed by atoms with Crippen LogP contribution in [0.3, 0.4) is 0 Å². The molecule has 0 saturated carbocycles. The normalized spacial score (nSPS) is 11.0. The molecule has 0 aliphatic rings. The van der Waals surface area contributed by atoms with Crippen molar-refractivity contribution in [3.8, 4) is 11.5 Å². The van der Waals surface area contributed by atoms with Gasteiger partial charge in [0.25, 0.3) is 10.0 Å². The van der Waals surface area contributed by atoms with E-state index in [2.05, 4.69) is 10.3 Å². The van der Waals surface area contributed by atoms with E-state index < -0.39 is 22.5 Å². The lowest BCUT2D eigenvalue weighted by atomic mass is 10.2. The molecule has 4 aromatic rings. The lowest BCUT2D eigenvalue weighted by molar-refractivity contribution is -0.114. The second-order valence-corrected chi connectivity index (χ2v) is 9.39. The van der Waals surface area contributed by atoms with Crippen molar-refractivity contribution < 1.29 is 17.9 Å². The molecule has 7 nitrogen and oxygen atoms in total. The molecule has 8 heteroatoms. The summed E-state index contributed by atoms with van der Waals surface area (Å²) in [4.78, 5) is 16.8. The first-order valence-electron chi connectivity index (χ1n) is 10.5. The van der Waals surface area contributed by atoms with Crippen LogP contribution in [-0.4, -0.2) is 25.9 Å². The van der Waals surface area contributed by atoms with Gasteiger partial charge in [0.1, 0.15) is 18.0 Å². The van der Waals surface area contributed by atoms with E-state index in [1.807, 2.05) is 37.3 Å². The summed E-state index contributed by atoms with van der Waals surface area (Å²) in [6, 6.07) is 25.7. The molecule has 1 N–H and O–H groups in total. The van der Waals surface area contributed by atoms with Crippen molar-refractivity contribution in [1.29, 1.82) is 0 Å². The Hall–Kier alpha value is -4.17. The highest BCUT2D eigenvalue weighted by atomic mass is 32.2. The smallest absolute Gasteiger partial charge is 0.264 e. The average molecular weight is 474 g/mol. The maximum Gasteiger partial charge on any atom is 0.264 e. The van der Waals surface area contributed by atoms with Crippen LogP contribution in [-0.2, 0) is 14.8 Å². The van der Waals surface area contributed by atoms with Crippen LogP contribution in [0.2, 0.25) is 0 Å². The Labute approximate surface area is 198 Å². The van der Waals surface area contributed by atoms with Gasteiger partial charge in [-0.25, -0.2) is 8.42 Å². The zero-order valence-electron chi connectivity index (χ0n) is 18.5. The molecule has 0 aliphatic heterocycles. The number of nitrogens with zero attached hydrogens (tertiary/aromatic N) is 2. The third kappa shape index (κ3) is 5.60. The Balaban J connectivity index is 1.62. The molecule has 0 bridgehead atoms. The van der Waals surface area contributed by atoms with Crippen molar-refractivity contribution >= 4 is 27.3 Å². The summed E-state index contributed by atoms with van der Waals surface area (Å²) in [5, 5.41) is 2.69. The molecule has 34 heavy (non-hydrogen) atoms. The molecule has 4 rings (SSSR count). The first-order valence-corrected chi connectivity index (χ1v) is 12.0. The lowest BCUT2D eigenvalue weighted by Crippen LogP contribution is -2.38. The number of anilines is 2. The van der Waals surface area contributed by atoms with Gasteiger partial charge in [-0.3, -0.25) is 14.1 Å². The lowest BCUT2D eigenvalue weighted by Gasteiger charge is -2.24. The van der Waals surface area contributed by atoms with E-state index >= 15 is 0 Å². The van der Waals surface area contributed by atoms with Crippen molar-refractivity contribution in [3.05, 3.63) is 109 Å². The predicted molar refractivity (Wildman–Crippen MR) is 132 cm³/mol. The number of para-hydroxylation sites is 1. The summed E-state index contributed by atoms with van der Waals surface area (Å²) >= 11 is 0. The second-order valence-electron chi connectivity index (χ2n) is 7.52.